The molecule has 40 heavy (non-hydrogen) atoms. The van der Waals surface area contributed by atoms with Crippen LogP contribution in [0.15, 0.2) is 36.4 Å². The highest BCUT2D eigenvalue weighted by Crippen LogP contribution is 2.52. The number of piperidine rings is 1. The number of aromatic hydroxyl groups is 1. The molecular formula is C33H46FN3O3. The second kappa shape index (κ2) is 10.4. The van der Waals surface area contributed by atoms with Crippen LogP contribution in [0, 0.1) is 11.2 Å². The highest BCUT2D eigenvalue weighted by Gasteiger charge is 2.50. The highest BCUT2D eigenvalue weighted by atomic mass is 19.1. The Morgan fingerprint density at radius 2 is 1.40 bits per heavy atom. The van der Waals surface area contributed by atoms with Gasteiger partial charge in [0.2, 0.25) is 0 Å². The summed E-state index contributed by atoms with van der Waals surface area (Å²) in [5.41, 5.74) is 2.60. The molecule has 0 spiro atoms. The molecule has 218 valence electrons. The van der Waals surface area contributed by atoms with Gasteiger partial charge in [0, 0.05) is 19.1 Å². The van der Waals surface area contributed by atoms with Crippen molar-refractivity contribution in [2.75, 3.05) is 13.1 Å². The van der Waals surface area contributed by atoms with E-state index in [1.165, 1.54) is 12.1 Å². The van der Waals surface area contributed by atoms with Crippen molar-refractivity contribution < 1.29 is 19.0 Å². The van der Waals surface area contributed by atoms with Crippen LogP contribution in [-0.2, 0) is 15.6 Å². The zero-order chi connectivity index (χ0) is 29.8. The SMILES string of the molecule is CC(C)(C)OC(=O)N1CCC(N2C(=N)C(c3ccc(F)cc3)C2c2cc(C(C)(C)C)c(O)c(C(C)(C)C)c2)CC1. The van der Waals surface area contributed by atoms with E-state index in [9.17, 15) is 19.7 Å². The molecule has 0 bridgehead atoms. The molecule has 2 aromatic rings. The van der Waals surface area contributed by atoms with E-state index in [0.717, 1.165) is 35.1 Å². The number of amidine groups is 1. The fraction of sp³-hybridized carbons (Fsp3) is 0.576. The lowest BCUT2D eigenvalue weighted by molar-refractivity contribution is 0.0132. The van der Waals surface area contributed by atoms with Crippen LogP contribution in [0.1, 0.15) is 109 Å². The van der Waals surface area contributed by atoms with Gasteiger partial charge in [0.05, 0.1) is 12.0 Å². The number of phenols is 1. The van der Waals surface area contributed by atoms with Crippen molar-refractivity contribution in [3.8, 4) is 5.75 Å². The molecule has 0 aliphatic carbocycles. The van der Waals surface area contributed by atoms with Gasteiger partial charge in [-0.1, -0.05) is 53.7 Å². The van der Waals surface area contributed by atoms with Crippen LogP contribution in [0.3, 0.4) is 0 Å². The molecule has 0 saturated carbocycles. The van der Waals surface area contributed by atoms with E-state index in [4.69, 9.17) is 4.74 Å². The number of likely N-dealkylation sites (tertiary alicyclic amines) is 2. The number of nitrogens with one attached hydrogen (secondary N) is 1. The molecule has 2 aliphatic heterocycles. The Balaban J connectivity index is 1.73. The minimum Gasteiger partial charge on any atom is -0.507 e. The lowest BCUT2D eigenvalue weighted by Gasteiger charge is -2.55. The van der Waals surface area contributed by atoms with Crippen molar-refractivity contribution >= 4 is 11.9 Å². The molecule has 2 saturated heterocycles. The summed E-state index contributed by atoms with van der Waals surface area (Å²) >= 11 is 0. The summed E-state index contributed by atoms with van der Waals surface area (Å²) in [5.74, 6) is 0.311. The maximum atomic E-state index is 13.8. The second-order valence-corrected chi connectivity index (χ2v) is 14.4. The van der Waals surface area contributed by atoms with Crippen LogP contribution < -0.4 is 0 Å². The molecule has 7 heteroatoms. The molecule has 2 fully saturated rings. The van der Waals surface area contributed by atoms with Crippen molar-refractivity contribution in [1.82, 2.24) is 9.80 Å². The fourth-order valence-electron chi connectivity index (χ4n) is 5.95. The molecule has 6 nitrogen and oxygen atoms in total. The van der Waals surface area contributed by atoms with Crippen LogP contribution >= 0.6 is 0 Å². The maximum absolute atomic E-state index is 13.8. The first kappa shape index (κ1) is 29.9. The minimum atomic E-state index is -0.546. The number of ether oxygens (including phenoxy) is 1. The predicted octanol–water partition coefficient (Wildman–Crippen LogP) is 7.64. The summed E-state index contributed by atoms with van der Waals surface area (Å²) in [7, 11) is 0. The van der Waals surface area contributed by atoms with Crippen molar-refractivity contribution in [2.45, 2.75) is 110 Å². The monoisotopic (exact) mass is 551 g/mol. The lowest BCUT2D eigenvalue weighted by Crippen LogP contribution is -2.60. The number of halogens is 1. The summed E-state index contributed by atoms with van der Waals surface area (Å²) in [6, 6.07) is 10.6. The summed E-state index contributed by atoms with van der Waals surface area (Å²) in [6.07, 6.45) is 1.16. The molecule has 2 aliphatic rings. The van der Waals surface area contributed by atoms with Gasteiger partial charge >= 0.3 is 6.09 Å². The third kappa shape index (κ3) is 5.98. The van der Waals surface area contributed by atoms with Gasteiger partial charge in [-0.15, -0.1) is 0 Å². The number of hydrogen-bond acceptors (Lipinski definition) is 4. The normalized spacial score (nSPS) is 20.9. The number of nitrogens with zero attached hydrogens (tertiary/aromatic N) is 2. The Hall–Kier alpha value is -3.09. The number of benzene rings is 2. The molecule has 2 heterocycles. The maximum Gasteiger partial charge on any atom is 0.410 e. The van der Waals surface area contributed by atoms with Gasteiger partial charge in [0.25, 0.3) is 0 Å². The summed E-state index contributed by atoms with van der Waals surface area (Å²) in [4.78, 5) is 16.6. The average Bonchev–Trinajstić information content (AvgIpc) is 2.82. The van der Waals surface area contributed by atoms with E-state index < -0.39 is 5.60 Å². The van der Waals surface area contributed by atoms with E-state index in [1.54, 1.807) is 17.0 Å². The van der Waals surface area contributed by atoms with Gasteiger partial charge in [0.15, 0.2) is 0 Å². The molecule has 2 N–H and O–H groups in total. The van der Waals surface area contributed by atoms with Gasteiger partial charge in [-0.2, -0.15) is 0 Å². The largest absolute Gasteiger partial charge is 0.507 e. The molecule has 2 unspecified atom stereocenters. The standard InChI is InChI=1S/C33H46FN3O3/c1-31(2,3)24-18-21(19-25(28(24)38)32(4,5)6)27-26(20-10-12-22(34)13-11-20)29(35)37(27)23-14-16-36(17-15-23)30(39)40-33(7,8)9/h10-13,18-19,23,26-27,35,38H,14-17H2,1-9H3. The van der Waals surface area contributed by atoms with Crippen LogP contribution in [-0.4, -0.2) is 51.6 Å². The van der Waals surface area contributed by atoms with E-state index in [2.05, 4.69) is 58.6 Å². The molecule has 2 atom stereocenters. The second-order valence-electron chi connectivity index (χ2n) is 14.4. The van der Waals surface area contributed by atoms with Gasteiger partial charge in [-0.25, -0.2) is 9.18 Å². The van der Waals surface area contributed by atoms with E-state index >= 15 is 0 Å². The number of carbonyl (C=O) groups is 1. The number of hydrogen-bond donors (Lipinski definition) is 2. The number of rotatable bonds is 3. The number of carbonyl (C=O) groups excluding carboxylic acids is 1. The zero-order valence-corrected chi connectivity index (χ0v) is 25.6. The lowest BCUT2D eigenvalue weighted by atomic mass is 9.72. The van der Waals surface area contributed by atoms with Gasteiger partial charge < -0.3 is 19.6 Å². The van der Waals surface area contributed by atoms with Crippen molar-refractivity contribution in [2.24, 2.45) is 0 Å². The Morgan fingerprint density at radius 3 is 1.85 bits per heavy atom. The van der Waals surface area contributed by atoms with E-state index in [0.29, 0.717) is 24.7 Å². The highest BCUT2D eigenvalue weighted by molar-refractivity contribution is 5.94. The Morgan fingerprint density at radius 1 is 0.900 bits per heavy atom. The first-order valence-corrected chi connectivity index (χ1v) is 14.4. The third-order valence-electron chi connectivity index (χ3n) is 8.02. The number of amides is 1. The molecule has 0 radical (unpaired) electrons. The fourth-order valence-corrected chi connectivity index (χ4v) is 5.95. The molecule has 4 rings (SSSR count). The molecule has 0 aromatic heterocycles. The van der Waals surface area contributed by atoms with Crippen LogP contribution in [0.25, 0.3) is 0 Å². The zero-order valence-electron chi connectivity index (χ0n) is 25.6. The summed E-state index contributed by atoms with van der Waals surface area (Å²) < 4.78 is 19.4. The Kier molecular flexibility index (Phi) is 7.76. The first-order valence-electron chi connectivity index (χ1n) is 14.4. The van der Waals surface area contributed by atoms with Gasteiger partial charge in [0.1, 0.15) is 23.0 Å². The van der Waals surface area contributed by atoms with Crippen LogP contribution in [0.4, 0.5) is 9.18 Å². The van der Waals surface area contributed by atoms with E-state index in [-0.39, 0.29) is 40.7 Å². The molecular weight excluding hydrogens is 505 g/mol. The topological polar surface area (TPSA) is 76.9 Å². The summed E-state index contributed by atoms with van der Waals surface area (Å²) in [6.45, 7) is 19.3. The van der Waals surface area contributed by atoms with Crippen molar-refractivity contribution in [1.29, 1.82) is 5.41 Å². The minimum absolute atomic E-state index is 0.0814. The molecule has 1 amide bonds. The van der Waals surface area contributed by atoms with Gasteiger partial charge in [-0.05, 0) is 91.0 Å². The Bertz CT molecular complexity index is 1220. The predicted molar refractivity (Wildman–Crippen MR) is 158 cm³/mol. The quantitative estimate of drug-likeness (QED) is 0.411. The van der Waals surface area contributed by atoms with Crippen LogP contribution in [0.5, 0.6) is 5.75 Å². The average molecular weight is 552 g/mol. The van der Waals surface area contributed by atoms with E-state index in [1.807, 2.05) is 20.8 Å². The van der Waals surface area contributed by atoms with Crippen molar-refractivity contribution in [3.05, 3.63) is 64.5 Å². The third-order valence-corrected chi connectivity index (χ3v) is 8.02. The van der Waals surface area contributed by atoms with Gasteiger partial charge in [-0.3, -0.25) is 5.41 Å². The molecule has 2 aromatic carbocycles. The van der Waals surface area contributed by atoms with Crippen molar-refractivity contribution in [3.63, 3.8) is 0 Å². The first-order chi connectivity index (χ1) is 18.4. The Labute approximate surface area is 239 Å². The number of phenolic OH excluding ortho intramolecular Hbond substituents is 1. The smallest absolute Gasteiger partial charge is 0.410 e. The summed E-state index contributed by atoms with van der Waals surface area (Å²) in [5, 5.41) is 20.5. The van der Waals surface area contributed by atoms with Crippen LogP contribution in [0.2, 0.25) is 0 Å².